The third-order valence-electron chi connectivity index (χ3n) is 4.03. The van der Waals surface area contributed by atoms with Crippen LogP contribution in [0.4, 0.5) is 0 Å². The van der Waals surface area contributed by atoms with E-state index < -0.39 is 16.1 Å². The van der Waals surface area contributed by atoms with Gasteiger partial charge in [0.25, 0.3) is 0 Å². The fourth-order valence-electron chi connectivity index (χ4n) is 2.59. The van der Waals surface area contributed by atoms with Crippen LogP contribution in [0.15, 0.2) is 64.2 Å². The highest BCUT2D eigenvalue weighted by molar-refractivity contribution is 9.10. The summed E-state index contributed by atoms with van der Waals surface area (Å²) in [5.41, 5.74) is 1.59. The standard InChI is InChI=1S/C18H17BrClN3O2S/c1-12-11-15(7-8-16(12)19)26(24,25)22-17(18-21-9-10-23(18)2)13-3-5-14(20)6-4-13/h3-11,17,22H,1-2H3. The number of halogens is 2. The largest absolute Gasteiger partial charge is 0.336 e. The predicted molar refractivity (Wildman–Crippen MR) is 106 cm³/mol. The van der Waals surface area contributed by atoms with E-state index in [2.05, 4.69) is 25.6 Å². The minimum atomic E-state index is -3.76. The summed E-state index contributed by atoms with van der Waals surface area (Å²) >= 11 is 9.36. The van der Waals surface area contributed by atoms with Crippen molar-refractivity contribution in [2.75, 3.05) is 0 Å². The number of hydrogen-bond donors (Lipinski definition) is 1. The van der Waals surface area contributed by atoms with Gasteiger partial charge in [-0.05, 0) is 48.4 Å². The van der Waals surface area contributed by atoms with Crippen molar-refractivity contribution in [2.24, 2.45) is 7.05 Å². The maximum atomic E-state index is 13.0. The summed E-state index contributed by atoms with van der Waals surface area (Å²) in [4.78, 5) is 4.52. The van der Waals surface area contributed by atoms with Gasteiger partial charge in [-0.2, -0.15) is 4.72 Å². The maximum absolute atomic E-state index is 13.0. The van der Waals surface area contributed by atoms with Gasteiger partial charge in [0.2, 0.25) is 10.0 Å². The van der Waals surface area contributed by atoms with Crippen molar-refractivity contribution < 1.29 is 8.42 Å². The topological polar surface area (TPSA) is 64.0 Å². The van der Waals surface area contributed by atoms with Crippen molar-refractivity contribution in [2.45, 2.75) is 17.9 Å². The molecular weight excluding hydrogens is 438 g/mol. The zero-order valence-corrected chi connectivity index (χ0v) is 17.3. The molecule has 3 aromatic rings. The number of nitrogens with one attached hydrogen (secondary N) is 1. The van der Waals surface area contributed by atoms with Crippen molar-refractivity contribution in [3.8, 4) is 0 Å². The van der Waals surface area contributed by atoms with E-state index in [9.17, 15) is 8.42 Å². The number of hydrogen-bond acceptors (Lipinski definition) is 3. The second kappa shape index (κ2) is 7.52. The molecule has 0 saturated heterocycles. The Hall–Kier alpha value is -1.67. The number of imidazole rings is 1. The van der Waals surface area contributed by atoms with Gasteiger partial charge in [0.1, 0.15) is 11.9 Å². The van der Waals surface area contributed by atoms with Crippen LogP contribution in [0.3, 0.4) is 0 Å². The highest BCUT2D eigenvalue weighted by Gasteiger charge is 2.26. The monoisotopic (exact) mass is 453 g/mol. The first-order valence-corrected chi connectivity index (χ1v) is 10.4. The molecule has 8 heteroatoms. The lowest BCUT2D eigenvalue weighted by atomic mass is 10.1. The van der Waals surface area contributed by atoms with E-state index in [1.165, 1.54) is 0 Å². The molecule has 136 valence electrons. The van der Waals surface area contributed by atoms with Crippen LogP contribution in [-0.4, -0.2) is 18.0 Å². The molecule has 1 heterocycles. The van der Waals surface area contributed by atoms with Crippen molar-refractivity contribution in [1.82, 2.24) is 14.3 Å². The summed E-state index contributed by atoms with van der Waals surface area (Å²) < 4.78 is 31.3. The molecule has 1 unspecified atom stereocenters. The van der Waals surface area contributed by atoms with E-state index in [4.69, 9.17) is 11.6 Å². The summed E-state index contributed by atoms with van der Waals surface area (Å²) in [6.07, 6.45) is 3.41. The Morgan fingerprint density at radius 2 is 1.88 bits per heavy atom. The molecule has 2 aromatic carbocycles. The number of sulfonamides is 1. The van der Waals surface area contributed by atoms with Crippen LogP contribution in [-0.2, 0) is 17.1 Å². The van der Waals surface area contributed by atoms with E-state index in [0.717, 1.165) is 15.6 Å². The first kappa shape index (κ1) is 19.1. The Kier molecular flexibility index (Phi) is 5.53. The van der Waals surface area contributed by atoms with Crippen LogP contribution >= 0.6 is 27.5 Å². The molecule has 0 radical (unpaired) electrons. The molecule has 0 bridgehead atoms. The summed E-state index contributed by atoms with van der Waals surface area (Å²) in [7, 11) is -1.93. The van der Waals surface area contributed by atoms with Crippen LogP contribution < -0.4 is 4.72 Å². The van der Waals surface area contributed by atoms with Crippen LogP contribution in [0.25, 0.3) is 0 Å². The molecule has 1 aromatic heterocycles. The molecule has 1 N–H and O–H groups in total. The smallest absolute Gasteiger partial charge is 0.241 e. The molecule has 3 rings (SSSR count). The zero-order valence-electron chi connectivity index (χ0n) is 14.1. The van der Waals surface area contributed by atoms with Gasteiger partial charge in [-0.1, -0.05) is 39.7 Å². The minimum Gasteiger partial charge on any atom is -0.336 e. The van der Waals surface area contributed by atoms with Crippen LogP contribution in [0.2, 0.25) is 5.02 Å². The maximum Gasteiger partial charge on any atom is 0.241 e. The highest BCUT2D eigenvalue weighted by atomic mass is 79.9. The predicted octanol–water partition coefficient (Wildman–Crippen LogP) is 4.21. The summed E-state index contributed by atoms with van der Waals surface area (Å²) in [6, 6.07) is 11.3. The molecule has 0 saturated carbocycles. The average Bonchev–Trinajstić information content (AvgIpc) is 3.02. The van der Waals surface area contributed by atoms with E-state index in [0.29, 0.717) is 10.8 Å². The molecule has 26 heavy (non-hydrogen) atoms. The van der Waals surface area contributed by atoms with E-state index in [-0.39, 0.29) is 4.90 Å². The number of nitrogens with zero attached hydrogens (tertiary/aromatic N) is 2. The summed E-state index contributed by atoms with van der Waals surface area (Å²) in [5.74, 6) is 0.588. The van der Waals surface area contributed by atoms with E-state index >= 15 is 0 Å². The molecule has 0 aliphatic rings. The lowest BCUT2D eigenvalue weighted by molar-refractivity contribution is 0.562. The Balaban J connectivity index is 2.03. The highest BCUT2D eigenvalue weighted by Crippen LogP contribution is 2.26. The molecular formula is C18H17BrClN3O2S. The second-order valence-electron chi connectivity index (χ2n) is 5.91. The molecule has 0 aliphatic heterocycles. The van der Waals surface area contributed by atoms with Crippen molar-refractivity contribution in [1.29, 1.82) is 0 Å². The number of benzene rings is 2. The Labute approximate surface area is 166 Å². The second-order valence-corrected chi connectivity index (χ2v) is 8.92. The average molecular weight is 455 g/mol. The van der Waals surface area contributed by atoms with Gasteiger partial charge in [-0.3, -0.25) is 0 Å². The number of aromatic nitrogens is 2. The molecule has 0 amide bonds. The number of aryl methyl sites for hydroxylation is 2. The quantitative estimate of drug-likeness (QED) is 0.628. The van der Waals surface area contributed by atoms with Gasteiger partial charge >= 0.3 is 0 Å². The van der Waals surface area contributed by atoms with Gasteiger partial charge in [-0.15, -0.1) is 0 Å². The summed E-state index contributed by atoms with van der Waals surface area (Å²) in [5, 5.41) is 0.582. The first-order valence-electron chi connectivity index (χ1n) is 7.79. The zero-order chi connectivity index (χ0) is 18.9. The Morgan fingerprint density at radius 1 is 1.19 bits per heavy atom. The van der Waals surface area contributed by atoms with Crippen molar-refractivity contribution >= 4 is 37.6 Å². The van der Waals surface area contributed by atoms with Crippen LogP contribution in [0.5, 0.6) is 0 Å². The first-order chi connectivity index (χ1) is 12.3. The SMILES string of the molecule is Cc1cc(S(=O)(=O)NC(c2ccc(Cl)cc2)c2nccn2C)ccc1Br. The Bertz CT molecular complexity index is 1030. The summed E-state index contributed by atoms with van der Waals surface area (Å²) in [6.45, 7) is 1.85. The molecule has 0 spiro atoms. The molecule has 0 fully saturated rings. The third kappa shape index (κ3) is 4.01. The van der Waals surface area contributed by atoms with Gasteiger partial charge < -0.3 is 4.57 Å². The van der Waals surface area contributed by atoms with E-state index in [1.54, 1.807) is 59.4 Å². The van der Waals surface area contributed by atoms with Gasteiger partial charge in [-0.25, -0.2) is 13.4 Å². The van der Waals surface area contributed by atoms with Gasteiger partial charge in [0.05, 0.1) is 4.90 Å². The normalized spacial score (nSPS) is 12.9. The lowest BCUT2D eigenvalue weighted by Crippen LogP contribution is -2.31. The fourth-order valence-corrected chi connectivity index (χ4v) is 4.23. The molecule has 1 atom stereocenters. The van der Waals surface area contributed by atoms with Crippen LogP contribution in [0, 0.1) is 6.92 Å². The van der Waals surface area contributed by atoms with Gasteiger partial charge in [0.15, 0.2) is 0 Å². The molecule has 5 nitrogen and oxygen atoms in total. The molecule has 0 aliphatic carbocycles. The van der Waals surface area contributed by atoms with Gasteiger partial charge in [0, 0.05) is 28.9 Å². The lowest BCUT2D eigenvalue weighted by Gasteiger charge is -2.19. The van der Waals surface area contributed by atoms with Crippen LogP contribution in [0.1, 0.15) is 23.0 Å². The van der Waals surface area contributed by atoms with Crippen molar-refractivity contribution in [3.63, 3.8) is 0 Å². The van der Waals surface area contributed by atoms with E-state index in [1.807, 2.05) is 14.0 Å². The van der Waals surface area contributed by atoms with Crippen molar-refractivity contribution in [3.05, 3.63) is 81.3 Å². The number of rotatable bonds is 5. The Morgan fingerprint density at radius 3 is 2.46 bits per heavy atom. The fraction of sp³-hybridized carbons (Fsp3) is 0.167. The minimum absolute atomic E-state index is 0.200. The third-order valence-corrected chi connectivity index (χ3v) is 6.59.